The molecule has 0 spiro atoms. The number of carbonyl (C=O) groups excluding carboxylic acids is 1. The molecule has 0 saturated carbocycles. The van der Waals surface area contributed by atoms with Crippen molar-refractivity contribution in [3.05, 3.63) is 28.6 Å². The summed E-state index contributed by atoms with van der Waals surface area (Å²) in [6.45, 7) is 6.84. The Kier molecular flexibility index (Phi) is 3.57. The number of anilines is 1. The highest BCUT2D eigenvalue weighted by molar-refractivity contribution is 7.21. The standard InChI is InChI=1S/C14H18N2OS/c1-8(2)7-16-14(17)13-12(15)10-5-4-9(3)6-11(10)18-13/h4-6,8H,7,15H2,1-3H3,(H,16,17). The molecule has 0 aliphatic carbocycles. The average molecular weight is 262 g/mol. The van der Waals surface area contributed by atoms with E-state index < -0.39 is 0 Å². The number of thiophene rings is 1. The summed E-state index contributed by atoms with van der Waals surface area (Å²) < 4.78 is 1.07. The van der Waals surface area contributed by atoms with Crippen molar-refractivity contribution in [2.24, 2.45) is 5.92 Å². The maximum Gasteiger partial charge on any atom is 0.263 e. The van der Waals surface area contributed by atoms with Crippen LogP contribution >= 0.6 is 11.3 Å². The second-order valence-corrected chi connectivity index (χ2v) is 6.00. The summed E-state index contributed by atoms with van der Waals surface area (Å²) in [6, 6.07) is 6.06. The van der Waals surface area contributed by atoms with E-state index >= 15 is 0 Å². The minimum absolute atomic E-state index is 0.0694. The van der Waals surface area contributed by atoms with Crippen LogP contribution in [0.15, 0.2) is 18.2 Å². The van der Waals surface area contributed by atoms with Gasteiger partial charge >= 0.3 is 0 Å². The van der Waals surface area contributed by atoms with E-state index in [0.717, 1.165) is 10.1 Å². The summed E-state index contributed by atoms with van der Waals surface area (Å²) in [5.74, 6) is 0.367. The summed E-state index contributed by atoms with van der Waals surface area (Å²) in [5.41, 5.74) is 7.82. The molecule has 0 aliphatic heterocycles. The van der Waals surface area contributed by atoms with E-state index in [0.29, 0.717) is 23.0 Å². The summed E-state index contributed by atoms with van der Waals surface area (Å²) >= 11 is 1.46. The normalized spacial score (nSPS) is 11.1. The minimum Gasteiger partial charge on any atom is -0.397 e. The third-order valence-electron chi connectivity index (χ3n) is 2.76. The highest BCUT2D eigenvalue weighted by Crippen LogP contribution is 2.34. The van der Waals surface area contributed by atoms with Crippen LogP contribution in [0.4, 0.5) is 5.69 Å². The molecule has 0 aliphatic rings. The summed E-state index contributed by atoms with van der Waals surface area (Å²) in [7, 11) is 0. The van der Waals surface area contributed by atoms with E-state index in [1.165, 1.54) is 16.9 Å². The van der Waals surface area contributed by atoms with Crippen molar-refractivity contribution in [3.63, 3.8) is 0 Å². The molecule has 2 rings (SSSR count). The first-order valence-corrected chi connectivity index (χ1v) is 6.87. The zero-order valence-corrected chi connectivity index (χ0v) is 11.7. The summed E-state index contributed by atoms with van der Waals surface area (Å²) in [5, 5.41) is 3.88. The largest absolute Gasteiger partial charge is 0.397 e. The molecule has 4 heteroatoms. The zero-order valence-electron chi connectivity index (χ0n) is 10.9. The molecule has 0 unspecified atom stereocenters. The number of carbonyl (C=O) groups is 1. The Morgan fingerprint density at radius 1 is 1.44 bits per heavy atom. The SMILES string of the molecule is Cc1ccc2c(N)c(C(=O)NCC(C)C)sc2c1. The maximum atomic E-state index is 12.0. The molecule has 3 nitrogen and oxygen atoms in total. The van der Waals surface area contributed by atoms with E-state index in [4.69, 9.17) is 5.73 Å². The third-order valence-corrected chi connectivity index (χ3v) is 3.93. The van der Waals surface area contributed by atoms with Crippen LogP contribution in [-0.2, 0) is 0 Å². The van der Waals surface area contributed by atoms with Gasteiger partial charge in [0, 0.05) is 16.6 Å². The number of hydrogen-bond acceptors (Lipinski definition) is 3. The van der Waals surface area contributed by atoms with Crippen molar-refractivity contribution in [1.82, 2.24) is 5.32 Å². The molecule has 1 aromatic heterocycles. The number of fused-ring (bicyclic) bond motifs is 1. The molecule has 0 saturated heterocycles. The molecule has 1 amide bonds. The molecule has 96 valence electrons. The molecule has 0 fully saturated rings. The van der Waals surface area contributed by atoms with Crippen molar-refractivity contribution in [2.45, 2.75) is 20.8 Å². The zero-order chi connectivity index (χ0) is 13.3. The van der Waals surface area contributed by atoms with Gasteiger partial charge in [0.05, 0.1) is 5.69 Å². The topological polar surface area (TPSA) is 55.1 Å². The Labute approximate surface area is 111 Å². The number of rotatable bonds is 3. The number of hydrogen-bond donors (Lipinski definition) is 2. The number of nitrogens with one attached hydrogen (secondary N) is 1. The first-order valence-electron chi connectivity index (χ1n) is 6.06. The Hall–Kier alpha value is -1.55. The van der Waals surface area contributed by atoms with Gasteiger partial charge in [0.1, 0.15) is 4.88 Å². The molecule has 2 aromatic rings. The van der Waals surface area contributed by atoms with Crippen molar-refractivity contribution >= 4 is 33.0 Å². The lowest BCUT2D eigenvalue weighted by atomic mass is 10.1. The first-order chi connectivity index (χ1) is 8.49. The van der Waals surface area contributed by atoms with E-state index in [-0.39, 0.29) is 5.91 Å². The van der Waals surface area contributed by atoms with Crippen LogP contribution < -0.4 is 11.1 Å². The van der Waals surface area contributed by atoms with Gasteiger partial charge in [-0.05, 0) is 24.5 Å². The minimum atomic E-state index is -0.0694. The van der Waals surface area contributed by atoms with Crippen LogP contribution in [0.3, 0.4) is 0 Å². The Balaban J connectivity index is 2.33. The average Bonchev–Trinajstić information content (AvgIpc) is 2.63. The van der Waals surface area contributed by atoms with Crippen molar-refractivity contribution in [3.8, 4) is 0 Å². The lowest BCUT2D eigenvalue weighted by Gasteiger charge is -2.06. The monoisotopic (exact) mass is 262 g/mol. The Bertz CT molecular complexity index is 587. The first kappa shape index (κ1) is 12.9. The van der Waals surface area contributed by atoms with E-state index in [9.17, 15) is 4.79 Å². The fourth-order valence-corrected chi connectivity index (χ4v) is 2.91. The van der Waals surface area contributed by atoms with Crippen LogP contribution in [0.5, 0.6) is 0 Å². The maximum absolute atomic E-state index is 12.0. The van der Waals surface area contributed by atoms with Crippen LogP contribution in [0.25, 0.3) is 10.1 Å². The lowest BCUT2D eigenvalue weighted by Crippen LogP contribution is -2.27. The molecule has 0 bridgehead atoms. The van der Waals surface area contributed by atoms with Crippen LogP contribution in [0, 0.1) is 12.8 Å². The van der Waals surface area contributed by atoms with Gasteiger partial charge in [-0.3, -0.25) is 4.79 Å². The predicted molar refractivity (Wildman–Crippen MR) is 78.1 cm³/mol. The molecule has 0 atom stereocenters. The van der Waals surface area contributed by atoms with E-state index in [2.05, 4.69) is 25.2 Å². The highest BCUT2D eigenvalue weighted by Gasteiger charge is 2.16. The number of aryl methyl sites for hydroxylation is 1. The Morgan fingerprint density at radius 3 is 2.83 bits per heavy atom. The fraction of sp³-hybridized carbons (Fsp3) is 0.357. The van der Waals surface area contributed by atoms with Gasteiger partial charge in [0.2, 0.25) is 0 Å². The predicted octanol–water partition coefficient (Wildman–Crippen LogP) is 3.18. The smallest absolute Gasteiger partial charge is 0.263 e. The van der Waals surface area contributed by atoms with Gasteiger partial charge in [0.25, 0.3) is 5.91 Å². The molecule has 1 heterocycles. The van der Waals surface area contributed by atoms with Gasteiger partial charge in [-0.25, -0.2) is 0 Å². The van der Waals surface area contributed by atoms with Gasteiger partial charge in [0.15, 0.2) is 0 Å². The molecule has 1 aromatic carbocycles. The molecule has 0 radical (unpaired) electrons. The number of amides is 1. The fourth-order valence-electron chi connectivity index (χ4n) is 1.77. The number of nitrogens with two attached hydrogens (primary N) is 1. The van der Waals surface area contributed by atoms with Crippen LogP contribution in [0.1, 0.15) is 29.1 Å². The second-order valence-electron chi connectivity index (χ2n) is 4.95. The van der Waals surface area contributed by atoms with E-state index in [1.807, 2.05) is 19.1 Å². The molecule has 18 heavy (non-hydrogen) atoms. The van der Waals surface area contributed by atoms with Gasteiger partial charge in [-0.15, -0.1) is 11.3 Å². The number of benzene rings is 1. The van der Waals surface area contributed by atoms with Crippen molar-refractivity contribution in [2.75, 3.05) is 12.3 Å². The van der Waals surface area contributed by atoms with Crippen molar-refractivity contribution < 1.29 is 4.79 Å². The number of nitrogen functional groups attached to an aromatic ring is 1. The Morgan fingerprint density at radius 2 is 2.17 bits per heavy atom. The lowest BCUT2D eigenvalue weighted by molar-refractivity contribution is 0.0954. The second kappa shape index (κ2) is 4.98. The molecular formula is C14H18N2OS. The van der Waals surface area contributed by atoms with Crippen LogP contribution in [-0.4, -0.2) is 12.5 Å². The van der Waals surface area contributed by atoms with E-state index in [1.54, 1.807) is 0 Å². The third kappa shape index (κ3) is 2.48. The van der Waals surface area contributed by atoms with Gasteiger partial charge < -0.3 is 11.1 Å². The van der Waals surface area contributed by atoms with Crippen molar-refractivity contribution in [1.29, 1.82) is 0 Å². The molecule has 3 N–H and O–H groups in total. The van der Waals surface area contributed by atoms with Gasteiger partial charge in [-0.1, -0.05) is 26.0 Å². The van der Waals surface area contributed by atoms with Gasteiger partial charge in [-0.2, -0.15) is 0 Å². The summed E-state index contributed by atoms with van der Waals surface area (Å²) in [4.78, 5) is 12.7. The van der Waals surface area contributed by atoms with Crippen LogP contribution in [0.2, 0.25) is 0 Å². The highest BCUT2D eigenvalue weighted by atomic mass is 32.1. The summed E-state index contributed by atoms with van der Waals surface area (Å²) in [6.07, 6.45) is 0. The molecular weight excluding hydrogens is 244 g/mol. The quantitative estimate of drug-likeness (QED) is 0.892.